The second kappa shape index (κ2) is 10.3. The van der Waals surface area contributed by atoms with Gasteiger partial charge in [0.25, 0.3) is 0 Å². The standard InChI is InChI=1S/C19H20F3NO4/c1-25-16-9-8-13(11-17(16)27-19(21)22)12-23-18(24)7-4-10-26-15-6-3-2-5-14(15)20/h2-3,5-6,8-9,11,19H,4,7,10,12H2,1H3,(H,23,24). The minimum Gasteiger partial charge on any atom is -0.493 e. The number of carbonyl (C=O) groups is 1. The van der Waals surface area contributed by atoms with Crippen LogP contribution in [0.1, 0.15) is 18.4 Å². The number of carbonyl (C=O) groups excluding carboxylic acids is 1. The van der Waals surface area contributed by atoms with E-state index in [4.69, 9.17) is 9.47 Å². The predicted octanol–water partition coefficient (Wildman–Crippen LogP) is 3.91. The van der Waals surface area contributed by atoms with Crippen LogP contribution in [0, 0.1) is 5.82 Å². The van der Waals surface area contributed by atoms with Gasteiger partial charge in [-0.3, -0.25) is 4.79 Å². The predicted molar refractivity (Wildman–Crippen MR) is 92.6 cm³/mol. The number of ether oxygens (including phenoxy) is 3. The van der Waals surface area contributed by atoms with Gasteiger partial charge in [-0.15, -0.1) is 0 Å². The molecule has 27 heavy (non-hydrogen) atoms. The van der Waals surface area contributed by atoms with Crippen LogP contribution < -0.4 is 19.5 Å². The Morgan fingerprint density at radius 3 is 2.59 bits per heavy atom. The average molecular weight is 383 g/mol. The molecule has 5 nitrogen and oxygen atoms in total. The third kappa shape index (κ3) is 6.73. The van der Waals surface area contributed by atoms with E-state index in [9.17, 15) is 18.0 Å². The number of benzene rings is 2. The molecule has 2 aromatic rings. The third-order valence-electron chi connectivity index (χ3n) is 3.58. The summed E-state index contributed by atoms with van der Waals surface area (Å²) < 4.78 is 52.8. The van der Waals surface area contributed by atoms with E-state index in [-0.39, 0.29) is 42.7 Å². The zero-order valence-corrected chi connectivity index (χ0v) is 14.7. The molecule has 0 atom stereocenters. The Bertz CT molecular complexity index is 755. The van der Waals surface area contributed by atoms with E-state index in [0.29, 0.717) is 12.0 Å². The number of amides is 1. The maximum absolute atomic E-state index is 13.4. The van der Waals surface area contributed by atoms with Crippen LogP contribution in [0.25, 0.3) is 0 Å². The highest BCUT2D eigenvalue weighted by Crippen LogP contribution is 2.29. The molecule has 0 unspecified atom stereocenters. The van der Waals surface area contributed by atoms with Gasteiger partial charge in [-0.2, -0.15) is 8.78 Å². The third-order valence-corrected chi connectivity index (χ3v) is 3.58. The first-order valence-electron chi connectivity index (χ1n) is 8.25. The van der Waals surface area contributed by atoms with Crippen molar-refractivity contribution < 1.29 is 32.2 Å². The number of hydrogen-bond donors (Lipinski definition) is 1. The summed E-state index contributed by atoms with van der Waals surface area (Å²) in [7, 11) is 1.35. The molecule has 1 N–H and O–H groups in total. The summed E-state index contributed by atoms with van der Waals surface area (Å²) in [6.07, 6.45) is 0.591. The van der Waals surface area contributed by atoms with Crippen LogP contribution in [0.4, 0.5) is 13.2 Å². The Hall–Kier alpha value is -2.90. The average Bonchev–Trinajstić information content (AvgIpc) is 2.64. The summed E-state index contributed by atoms with van der Waals surface area (Å²) in [6, 6.07) is 10.5. The topological polar surface area (TPSA) is 56.8 Å². The van der Waals surface area contributed by atoms with Gasteiger partial charge in [0, 0.05) is 13.0 Å². The zero-order chi connectivity index (χ0) is 19.6. The first kappa shape index (κ1) is 20.4. The van der Waals surface area contributed by atoms with Gasteiger partial charge >= 0.3 is 6.61 Å². The highest BCUT2D eigenvalue weighted by atomic mass is 19.3. The second-order valence-corrected chi connectivity index (χ2v) is 5.52. The molecule has 1 amide bonds. The van der Waals surface area contributed by atoms with Gasteiger partial charge in [0.1, 0.15) is 0 Å². The molecule has 0 heterocycles. The number of halogens is 3. The molecule has 0 bridgehead atoms. The SMILES string of the molecule is COc1ccc(CNC(=O)CCCOc2ccccc2F)cc1OC(F)F. The van der Waals surface area contributed by atoms with Crippen molar-refractivity contribution in [1.82, 2.24) is 5.32 Å². The molecule has 0 radical (unpaired) electrons. The molecule has 0 aliphatic rings. The Kier molecular flexibility index (Phi) is 7.79. The van der Waals surface area contributed by atoms with E-state index in [2.05, 4.69) is 10.1 Å². The van der Waals surface area contributed by atoms with Crippen LogP contribution in [-0.2, 0) is 11.3 Å². The molecule has 0 spiro atoms. The van der Waals surface area contributed by atoms with E-state index in [0.717, 1.165) is 0 Å². The molecule has 0 saturated carbocycles. The van der Waals surface area contributed by atoms with Gasteiger partial charge in [0.05, 0.1) is 13.7 Å². The van der Waals surface area contributed by atoms with Crippen molar-refractivity contribution in [2.75, 3.05) is 13.7 Å². The van der Waals surface area contributed by atoms with Crippen LogP contribution in [0.3, 0.4) is 0 Å². The van der Waals surface area contributed by atoms with Crippen LogP contribution in [0.5, 0.6) is 17.2 Å². The molecular weight excluding hydrogens is 363 g/mol. The van der Waals surface area contributed by atoms with Crippen LogP contribution >= 0.6 is 0 Å². The molecule has 2 aromatic carbocycles. The van der Waals surface area contributed by atoms with Crippen molar-refractivity contribution in [3.63, 3.8) is 0 Å². The second-order valence-electron chi connectivity index (χ2n) is 5.52. The Morgan fingerprint density at radius 1 is 1.11 bits per heavy atom. The first-order valence-corrected chi connectivity index (χ1v) is 8.25. The molecule has 0 saturated heterocycles. The fraction of sp³-hybridized carbons (Fsp3) is 0.316. The van der Waals surface area contributed by atoms with Gasteiger partial charge < -0.3 is 19.5 Å². The number of rotatable bonds is 10. The Morgan fingerprint density at radius 2 is 1.89 bits per heavy atom. The molecule has 0 aliphatic heterocycles. The van der Waals surface area contributed by atoms with E-state index >= 15 is 0 Å². The van der Waals surface area contributed by atoms with Crippen molar-refractivity contribution in [3.05, 3.63) is 53.8 Å². The monoisotopic (exact) mass is 383 g/mol. The molecule has 0 fully saturated rings. The summed E-state index contributed by atoms with van der Waals surface area (Å²) in [5.74, 6) is -0.474. The maximum Gasteiger partial charge on any atom is 0.387 e. The number of hydrogen-bond acceptors (Lipinski definition) is 4. The van der Waals surface area contributed by atoms with E-state index < -0.39 is 12.4 Å². The molecule has 146 valence electrons. The molecule has 8 heteroatoms. The molecule has 0 aromatic heterocycles. The van der Waals surface area contributed by atoms with Gasteiger partial charge in [0.2, 0.25) is 5.91 Å². The van der Waals surface area contributed by atoms with E-state index in [1.807, 2.05) is 0 Å². The van der Waals surface area contributed by atoms with Crippen molar-refractivity contribution in [2.45, 2.75) is 26.0 Å². The number of methoxy groups -OCH3 is 1. The van der Waals surface area contributed by atoms with Crippen LogP contribution in [0.15, 0.2) is 42.5 Å². The summed E-state index contributed by atoms with van der Waals surface area (Å²) in [4.78, 5) is 11.9. The van der Waals surface area contributed by atoms with Crippen LogP contribution in [0.2, 0.25) is 0 Å². The Balaban J connectivity index is 1.75. The van der Waals surface area contributed by atoms with E-state index in [1.165, 1.54) is 31.4 Å². The lowest BCUT2D eigenvalue weighted by Crippen LogP contribution is -2.23. The highest BCUT2D eigenvalue weighted by Gasteiger charge is 2.12. The van der Waals surface area contributed by atoms with Crippen LogP contribution in [-0.4, -0.2) is 26.2 Å². The summed E-state index contributed by atoms with van der Waals surface area (Å²) in [6.45, 7) is -2.63. The summed E-state index contributed by atoms with van der Waals surface area (Å²) in [5.41, 5.74) is 0.586. The normalized spacial score (nSPS) is 10.6. The van der Waals surface area contributed by atoms with E-state index in [1.54, 1.807) is 18.2 Å². The largest absolute Gasteiger partial charge is 0.493 e. The first-order chi connectivity index (χ1) is 13.0. The minimum absolute atomic E-state index is 0.0995. The summed E-state index contributed by atoms with van der Waals surface area (Å²) in [5, 5.41) is 2.67. The van der Waals surface area contributed by atoms with Crippen molar-refractivity contribution in [2.24, 2.45) is 0 Å². The zero-order valence-electron chi connectivity index (χ0n) is 14.7. The van der Waals surface area contributed by atoms with Gasteiger partial charge in [-0.1, -0.05) is 18.2 Å². The van der Waals surface area contributed by atoms with Crippen molar-refractivity contribution in [1.29, 1.82) is 0 Å². The quantitative estimate of drug-likeness (QED) is 0.632. The molecular formula is C19H20F3NO4. The van der Waals surface area contributed by atoms with Crippen molar-refractivity contribution in [3.8, 4) is 17.2 Å². The minimum atomic E-state index is -2.97. The fourth-order valence-electron chi connectivity index (χ4n) is 2.28. The van der Waals surface area contributed by atoms with Crippen molar-refractivity contribution >= 4 is 5.91 Å². The van der Waals surface area contributed by atoms with Gasteiger partial charge in [-0.25, -0.2) is 4.39 Å². The summed E-state index contributed by atoms with van der Waals surface area (Å²) >= 11 is 0. The fourth-order valence-corrected chi connectivity index (χ4v) is 2.28. The lowest BCUT2D eigenvalue weighted by molar-refractivity contribution is -0.121. The highest BCUT2D eigenvalue weighted by molar-refractivity contribution is 5.75. The smallest absolute Gasteiger partial charge is 0.387 e. The molecule has 2 rings (SSSR count). The maximum atomic E-state index is 13.4. The lowest BCUT2D eigenvalue weighted by Gasteiger charge is -2.12. The lowest BCUT2D eigenvalue weighted by atomic mass is 10.2. The number of alkyl halides is 2. The molecule has 0 aliphatic carbocycles. The number of para-hydroxylation sites is 1. The van der Waals surface area contributed by atoms with Gasteiger partial charge in [0.15, 0.2) is 23.1 Å². The number of nitrogens with one attached hydrogen (secondary N) is 1. The Labute approximate surface area is 155 Å². The van der Waals surface area contributed by atoms with Gasteiger partial charge in [-0.05, 0) is 36.2 Å².